The molecule has 0 radical (unpaired) electrons. The third-order valence-electron chi connectivity index (χ3n) is 4.60. The third kappa shape index (κ3) is 3.69. The quantitative estimate of drug-likeness (QED) is 0.814. The molecule has 2 fully saturated rings. The van der Waals surface area contributed by atoms with Crippen LogP contribution in [0.5, 0.6) is 0 Å². The second kappa shape index (κ2) is 7.46. The molecule has 3 nitrogen and oxygen atoms in total. The molecule has 2 heterocycles. The van der Waals surface area contributed by atoms with Crippen LogP contribution < -0.4 is 5.32 Å². The Kier molecular flexibility index (Phi) is 5.93. The molecule has 0 aliphatic carbocycles. The van der Waals surface area contributed by atoms with E-state index in [0.29, 0.717) is 12.0 Å². The van der Waals surface area contributed by atoms with Gasteiger partial charge in [0.05, 0.1) is 13.2 Å². The van der Waals surface area contributed by atoms with Crippen LogP contribution in [-0.2, 0) is 4.74 Å². The lowest BCUT2D eigenvalue weighted by Gasteiger charge is -2.32. The number of likely N-dealkylation sites (tertiary alicyclic amines) is 1. The van der Waals surface area contributed by atoms with Crippen LogP contribution in [-0.4, -0.2) is 49.8 Å². The highest BCUT2D eigenvalue weighted by Gasteiger charge is 2.31. The van der Waals surface area contributed by atoms with E-state index >= 15 is 0 Å². The zero-order chi connectivity index (χ0) is 12.8. The maximum atomic E-state index is 5.67. The molecule has 2 aliphatic rings. The van der Waals surface area contributed by atoms with Crippen LogP contribution in [0.15, 0.2) is 0 Å². The molecule has 3 atom stereocenters. The summed E-state index contributed by atoms with van der Waals surface area (Å²) in [5.74, 6) is 0.692. The maximum absolute atomic E-state index is 5.67. The van der Waals surface area contributed by atoms with E-state index in [1.165, 1.54) is 45.2 Å². The van der Waals surface area contributed by atoms with Gasteiger partial charge < -0.3 is 10.1 Å². The highest BCUT2D eigenvalue weighted by molar-refractivity contribution is 4.85. The molecule has 3 heteroatoms. The average Bonchev–Trinajstić information content (AvgIpc) is 2.68. The number of nitrogens with one attached hydrogen (secondary N) is 1. The van der Waals surface area contributed by atoms with Crippen LogP contribution in [0.2, 0.25) is 0 Å². The predicted octanol–water partition coefficient (Wildman–Crippen LogP) is 2.27. The molecule has 3 unspecified atom stereocenters. The molecule has 0 saturated carbocycles. The Bertz CT molecular complexity index is 235. The molecule has 1 N–H and O–H groups in total. The van der Waals surface area contributed by atoms with Gasteiger partial charge in [-0.15, -0.1) is 0 Å². The lowest BCUT2D eigenvalue weighted by atomic mass is 10.0. The summed E-state index contributed by atoms with van der Waals surface area (Å²) >= 11 is 0. The smallest absolute Gasteiger partial charge is 0.0623 e. The molecule has 2 aliphatic heterocycles. The van der Waals surface area contributed by atoms with Crippen molar-refractivity contribution in [2.24, 2.45) is 5.92 Å². The second-order valence-electron chi connectivity index (χ2n) is 5.87. The van der Waals surface area contributed by atoms with Gasteiger partial charge in [-0.25, -0.2) is 0 Å². The first-order chi connectivity index (χ1) is 8.85. The number of hydrogen-bond donors (Lipinski definition) is 1. The molecular weight excluding hydrogens is 224 g/mol. The first-order valence-electron chi connectivity index (χ1n) is 7.90. The minimum Gasteiger partial charge on any atom is -0.379 e. The van der Waals surface area contributed by atoms with Crippen molar-refractivity contribution >= 4 is 0 Å². The Balaban J connectivity index is 1.89. The average molecular weight is 254 g/mol. The molecule has 0 aromatic carbocycles. The second-order valence-corrected chi connectivity index (χ2v) is 5.87. The van der Waals surface area contributed by atoms with Gasteiger partial charge in [0.25, 0.3) is 0 Å². The van der Waals surface area contributed by atoms with E-state index < -0.39 is 0 Å². The van der Waals surface area contributed by atoms with Gasteiger partial charge in [-0.1, -0.05) is 26.7 Å². The summed E-state index contributed by atoms with van der Waals surface area (Å²) in [6, 6.07) is 1.39. The number of hydrogen-bond acceptors (Lipinski definition) is 3. The zero-order valence-corrected chi connectivity index (χ0v) is 12.2. The molecule has 0 spiro atoms. The fourth-order valence-electron chi connectivity index (χ4n) is 3.51. The number of nitrogens with zero attached hydrogens (tertiary/aromatic N) is 1. The molecule has 0 aromatic heterocycles. The monoisotopic (exact) mass is 254 g/mol. The van der Waals surface area contributed by atoms with E-state index in [9.17, 15) is 0 Å². The van der Waals surface area contributed by atoms with Crippen molar-refractivity contribution in [1.29, 1.82) is 0 Å². The Morgan fingerprint density at radius 2 is 2.06 bits per heavy atom. The van der Waals surface area contributed by atoms with Crippen LogP contribution >= 0.6 is 0 Å². The molecule has 18 heavy (non-hydrogen) atoms. The van der Waals surface area contributed by atoms with E-state index in [0.717, 1.165) is 25.8 Å². The SMILES string of the molecule is CCNC1COCC1CN1CCCCCC1CC. The van der Waals surface area contributed by atoms with Crippen molar-refractivity contribution in [3.63, 3.8) is 0 Å². The van der Waals surface area contributed by atoms with E-state index in [1.54, 1.807) is 0 Å². The summed E-state index contributed by atoms with van der Waals surface area (Å²) in [6.07, 6.45) is 6.93. The number of ether oxygens (including phenoxy) is 1. The van der Waals surface area contributed by atoms with Gasteiger partial charge in [-0.05, 0) is 32.4 Å². The minimum atomic E-state index is 0.579. The Hall–Kier alpha value is -0.120. The highest BCUT2D eigenvalue weighted by atomic mass is 16.5. The predicted molar refractivity (Wildman–Crippen MR) is 75.9 cm³/mol. The summed E-state index contributed by atoms with van der Waals surface area (Å²) in [7, 11) is 0. The lowest BCUT2D eigenvalue weighted by Crippen LogP contribution is -2.44. The van der Waals surface area contributed by atoms with E-state index in [1.807, 2.05) is 0 Å². The lowest BCUT2D eigenvalue weighted by molar-refractivity contribution is 0.140. The topological polar surface area (TPSA) is 24.5 Å². The third-order valence-corrected chi connectivity index (χ3v) is 4.60. The summed E-state index contributed by atoms with van der Waals surface area (Å²) in [5.41, 5.74) is 0. The Morgan fingerprint density at radius 1 is 1.17 bits per heavy atom. The number of rotatable bonds is 5. The van der Waals surface area contributed by atoms with Crippen LogP contribution in [0, 0.1) is 5.92 Å². The van der Waals surface area contributed by atoms with Crippen LogP contribution in [0.25, 0.3) is 0 Å². The summed E-state index contributed by atoms with van der Waals surface area (Å²) in [4.78, 5) is 2.75. The summed E-state index contributed by atoms with van der Waals surface area (Å²) in [6.45, 7) is 9.98. The molecule has 106 valence electrons. The van der Waals surface area contributed by atoms with Crippen molar-refractivity contribution in [3.8, 4) is 0 Å². The van der Waals surface area contributed by atoms with Crippen LogP contribution in [0.1, 0.15) is 46.0 Å². The minimum absolute atomic E-state index is 0.579. The van der Waals surface area contributed by atoms with Crippen molar-refractivity contribution < 1.29 is 4.74 Å². The van der Waals surface area contributed by atoms with Gasteiger partial charge >= 0.3 is 0 Å². The van der Waals surface area contributed by atoms with Gasteiger partial charge in [0.1, 0.15) is 0 Å². The van der Waals surface area contributed by atoms with Crippen molar-refractivity contribution in [1.82, 2.24) is 10.2 Å². The van der Waals surface area contributed by atoms with Crippen LogP contribution in [0.3, 0.4) is 0 Å². The summed E-state index contributed by atoms with van der Waals surface area (Å²) in [5, 5.41) is 3.58. The fraction of sp³-hybridized carbons (Fsp3) is 1.00. The largest absolute Gasteiger partial charge is 0.379 e. The van der Waals surface area contributed by atoms with E-state index in [-0.39, 0.29) is 0 Å². The van der Waals surface area contributed by atoms with Crippen molar-refractivity contribution in [2.45, 2.75) is 58.0 Å². The molecule has 2 saturated heterocycles. The van der Waals surface area contributed by atoms with E-state index in [2.05, 4.69) is 24.1 Å². The van der Waals surface area contributed by atoms with Gasteiger partial charge in [-0.2, -0.15) is 0 Å². The first kappa shape index (κ1) is 14.3. The highest BCUT2D eigenvalue weighted by Crippen LogP contribution is 2.23. The normalized spacial score (nSPS) is 34.7. The number of likely N-dealkylation sites (N-methyl/N-ethyl adjacent to an activating group) is 1. The first-order valence-corrected chi connectivity index (χ1v) is 7.90. The Labute approximate surface area is 112 Å². The van der Waals surface area contributed by atoms with Crippen LogP contribution in [0.4, 0.5) is 0 Å². The molecule has 0 bridgehead atoms. The van der Waals surface area contributed by atoms with Crippen molar-refractivity contribution in [3.05, 3.63) is 0 Å². The molecular formula is C15H30N2O. The van der Waals surface area contributed by atoms with Gasteiger partial charge in [-0.3, -0.25) is 4.90 Å². The summed E-state index contributed by atoms with van der Waals surface area (Å²) < 4.78 is 5.67. The Morgan fingerprint density at radius 3 is 2.83 bits per heavy atom. The fourth-order valence-corrected chi connectivity index (χ4v) is 3.51. The van der Waals surface area contributed by atoms with Crippen molar-refractivity contribution in [2.75, 3.05) is 32.8 Å². The standard InChI is InChI=1S/C15H30N2O/c1-3-14-8-6-5-7-9-17(14)10-13-11-18-12-15(13)16-4-2/h13-16H,3-12H2,1-2H3. The molecule has 2 rings (SSSR count). The van der Waals surface area contributed by atoms with Gasteiger partial charge in [0, 0.05) is 24.5 Å². The van der Waals surface area contributed by atoms with Gasteiger partial charge in [0.15, 0.2) is 0 Å². The zero-order valence-electron chi connectivity index (χ0n) is 12.2. The van der Waals surface area contributed by atoms with Gasteiger partial charge in [0.2, 0.25) is 0 Å². The molecule has 0 amide bonds. The maximum Gasteiger partial charge on any atom is 0.0623 e. The van der Waals surface area contributed by atoms with E-state index in [4.69, 9.17) is 4.74 Å². The molecule has 0 aromatic rings.